The van der Waals surface area contributed by atoms with Crippen molar-refractivity contribution in [1.82, 2.24) is 9.97 Å². The van der Waals surface area contributed by atoms with Gasteiger partial charge in [0.15, 0.2) is 0 Å². The first kappa shape index (κ1) is 11.2. The summed E-state index contributed by atoms with van der Waals surface area (Å²) < 4.78 is 0.131. The van der Waals surface area contributed by atoms with E-state index in [1.54, 1.807) is 23.1 Å². The maximum Gasteiger partial charge on any atom is 0.224 e. The van der Waals surface area contributed by atoms with E-state index in [1.165, 1.54) is 0 Å². The smallest absolute Gasteiger partial charge is 0.211 e. The molecule has 0 spiro atoms. The van der Waals surface area contributed by atoms with Crippen LogP contribution in [0.25, 0.3) is 10.2 Å². The molecule has 5 heteroatoms. The summed E-state index contributed by atoms with van der Waals surface area (Å²) in [6.07, 6.45) is 0. The Morgan fingerprint density at radius 3 is 2.73 bits per heavy atom. The van der Waals surface area contributed by atoms with Crippen LogP contribution in [0.4, 0.5) is 0 Å². The maximum absolute atomic E-state index is 5.88. The highest BCUT2D eigenvalue weighted by molar-refractivity contribution is 8.00. The highest BCUT2D eigenvalue weighted by atomic mass is 35.5. The van der Waals surface area contributed by atoms with Crippen LogP contribution >= 0.6 is 34.7 Å². The molecule has 0 radical (unpaired) electrons. The fourth-order valence-electron chi connectivity index (χ4n) is 1.17. The summed E-state index contributed by atoms with van der Waals surface area (Å²) in [5.74, 6) is 0. The zero-order valence-electron chi connectivity index (χ0n) is 8.74. The molecule has 15 heavy (non-hydrogen) atoms. The lowest BCUT2D eigenvalue weighted by atomic mass is 10.3. The zero-order chi connectivity index (χ0) is 11.1. The van der Waals surface area contributed by atoms with Gasteiger partial charge in [0.25, 0.3) is 0 Å². The van der Waals surface area contributed by atoms with Gasteiger partial charge in [-0.2, -0.15) is 0 Å². The summed E-state index contributed by atoms with van der Waals surface area (Å²) in [6, 6.07) is 2.05. The number of thioether (sulfide) groups is 1. The van der Waals surface area contributed by atoms with E-state index >= 15 is 0 Å². The fourth-order valence-corrected chi connectivity index (χ4v) is 3.26. The number of hydrogen-bond donors (Lipinski definition) is 0. The van der Waals surface area contributed by atoms with E-state index < -0.39 is 0 Å². The molecule has 0 aromatic carbocycles. The lowest BCUT2D eigenvalue weighted by Crippen LogP contribution is -2.07. The van der Waals surface area contributed by atoms with Gasteiger partial charge in [0.05, 0.1) is 0 Å². The minimum atomic E-state index is 0.131. The van der Waals surface area contributed by atoms with E-state index in [4.69, 9.17) is 11.6 Å². The lowest BCUT2D eigenvalue weighted by molar-refractivity contribution is 0.800. The molecule has 2 nitrogen and oxygen atoms in total. The summed E-state index contributed by atoms with van der Waals surface area (Å²) in [5, 5.41) is 4.42. The van der Waals surface area contributed by atoms with Crippen LogP contribution in [0, 0.1) is 0 Å². The van der Waals surface area contributed by atoms with E-state index in [9.17, 15) is 0 Å². The standard InChI is InChI=1S/C10H11ClN2S2/c1-10(2,3)15-8-6-4-5-14-7(6)12-9(11)13-8/h4-5H,1-3H3. The van der Waals surface area contributed by atoms with Crippen LogP contribution in [-0.4, -0.2) is 14.7 Å². The van der Waals surface area contributed by atoms with Gasteiger partial charge in [-0.25, -0.2) is 9.97 Å². The van der Waals surface area contributed by atoms with Gasteiger partial charge >= 0.3 is 0 Å². The van der Waals surface area contributed by atoms with Gasteiger partial charge in [0, 0.05) is 10.1 Å². The summed E-state index contributed by atoms with van der Waals surface area (Å²) in [4.78, 5) is 9.43. The Balaban J connectivity index is 2.53. The predicted octanol–water partition coefficient (Wildman–Crippen LogP) is 4.24. The van der Waals surface area contributed by atoms with Gasteiger partial charge in [-0.3, -0.25) is 0 Å². The van der Waals surface area contributed by atoms with Gasteiger partial charge in [-0.15, -0.1) is 11.3 Å². The van der Waals surface area contributed by atoms with Crippen molar-refractivity contribution >= 4 is 44.9 Å². The van der Waals surface area contributed by atoms with Crippen LogP contribution in [0.3, 0.4) is 0 Å². The number of halogens is 1. The minimum Gasteiger partial charge on any atom is -0.211 e. The van der Waals surface area contributed by atoms with Crippen molar-refractivity contribution in [3.05, 3.63) is 16.7 Å². The molecule has 0 saturated heterocycles. The molecule has 2 heterocycles. The monoisotopic (exact) mass is 258 g/mol. The number of rotatable bonds is 1. The number of thiophene rings is 1. The number of hydrogen-bond acceptors (Lipinski definition) is 4. The molecule has 0 atom stereocenters. The molecule has 0 aliphatic heterocycles. The van der Waals surface area contributed by atoms with Crippen molar-refractivity contribution in [1.29, 1.82) is 0 Å². The Bertz CT molecular complexity index is 488. The Morgan fingerprint density at radius 2 is 2.07 bits per heavy atom. The fraction of sp³-hybridized carbons (Fsp3) is 0.400. The Morgan fingerprint density at radius 1 is 1.33 bits per heavy atom. The van der Waals surface area contributed by atoms with Crippen LogP contribution in [0.1, 0.15) is 20.8 Å². The molecule has 0 saturated carbocycles. The summed E-state index contributed by atoms with van der Waals surface area (Å²) in [7, 11) is 0. The van der Waals surface area contributed by atoms with Crippen LogP contribution < -0.4 is 0 Å². The molecule has 2 aromatic rings. The number of fused-ring (bicyclic) bond motifs is 1. The first-order valence-electron chi connectivity index (χ1n) is 4.55. The van der Waals surface area contributed by atoms with E-state index in [1.807, 2.05) is 11.4 Å². The van der Waals surface area contributed by atoms with Crippen LogP contribution in [0.15, 0.2) is 16.5 Å². The lowest BCUT2D eigenvalue weighted by Gasteiger charge is -2.17. The molecule has 0 aliphatic carbocycles. The second kappa shape index (κ2) is 3.92. The Hall–Kier alpha value is -0.320. The first-order chi connectivity index (χ1) is 6.96. The third-order valence-electron chi connectivity index (χ3n) is 1.67. The SMILES string of the molecule is CC(C)(C)Sc1nc(Cl)nc2sccc12. The molecule has 80 valence electrons. The van der Waals surface area contributed by atoms with Gasteiger partial charge < -0.3 is 0 Å². The van der Waals surface area contributed by atoms with Crippen molar-refractivity contribution < 1.29 is 0 Å². The largest absolute Gasteiger partial charge is 0.224 e. The average molecular weight is 259 g/mol. The van der Waals surface area contributed by atoms with Gasteiger partial charge in [-0.1, -0.05) is 32.5 Å². The van der Waals surface area contributed by atoms with Crippen LogP contribution in [-0.2, 0) is 0 Å². The van der Waals surface area contributed by atoms with Gasteiger partial charge in [0.1, 0.15) is 9.86 Å². The van der Waals surface area contributed by atoms with Crippen LogP contribution in [0.5, 0.6) is 0 Å². The summed E-state index contributed by atoms with van der Waals surface area (Å²) >= 11 is 9.19. The number of nitrogens with zero attached hydrogens (tertiary/aromatic N) is 2. The second-order valence-corrected chi connectivity index (χ2v) is 7.20. The molecule has 0 N–H and O–H groups in total. The highest BCUT2D eigenvalue weighted by Gasteiger charge is 2.17. The van der Waals surface area contributed by atoms with Crippen molar-refractivity contribution in [2.75, 3.05) is 0 Å². The Kier molecular flexibility index (Phi) is 2.92. The molecular weight excluding hydrogens is 248 g/mol. The van der Waals surface area contributed by atoms with Gasteiger partial charge in [-0.05, 0) is 23.0 Å². The molecule has 2 rings (SSSR count). The minimum absolute atomic E-state index is 0.131. The Labute approximate surface area is 102 Å². The predicted molar refractivity (Wildman–Crippen MR) is 68.0 cm³/mol. The molecule has 2 aromatic heterocycles. The van der Waals surface area contributed by atoms with E-state index in [2.05, 4.69) is 30.7 Å². The summed E-state index contributed by atoms with van der Waals surface area (Å²) in [5.41, 5.74) is 0. The van der Waals surface area contributed by atoms with Crippen LogP contribution in [0.2, 0.25) is 5.28 Å². The third kappa shape index (κ3) is 2.62. The zero-order valence-corrected chi connectivity index (χ0v) is 11.1. The molecular formula is C10H11ClN2S2. The van der Waals surface area contributed by atoms with Crippen molar-refractivity contribution in [2.45, 2.75) is 30.5 Å². The molecule has 0 amide bonds. The molecule has 0 bridgehead atoms. The van der Waals surface area contributed by atoms with Crippen molar-refractivity contribution in [3.8, 4) is 0 Å². The number of aromatic nitrogens is 2. The maximum atomic E-state index is 5.88. The van der Waals surface area contributed by atoms with E-state index in [0.29, 0.717) is 5.28 Å². The average Bonchev–Trinajstić information content (AvgIpc) is 2.48. The van der Waals surface area contributed by atoms with Crippen molar-refractivity contribution in [3.63, 3.8) is 0 Å². The van der Waals surface area contributed by atoms with Crippen molar-refractivity contribution in [2.24, 2.45) is 0 Å². The molecule has 0 unspecified atom stereocenters. The molecule has 0 fully saturated rings. The van der Waals surface area contributed by atoms with Gasteiger partial charge in [0.2, 0.25) is 5.28 Å². The quantitative estimate of drug-likeness (QED) is 0.435. The van der Waals surface area contributed by atoms with E-state index in [-0.39, 0.29) is 4.75 Å². The normalized spacial score (nSPS) is 12.3. The summed E-state index contributed by atoms with van der Waals surface area (Å²) in [6.45, 7) is 6.48. The highest BCUT2D eigenvalue weighted by Crippen LogP contribution is 2.36. The molecule has 0 aliphatic rings. The van der Waals surface area contributed by atoms with E-state index in [0.717, 1.165) is 15.2 Å². The topological polar surface area (TPSA) is 25.8 Å². The first-order valence-corrected chi connectivity index (χ1v) is 6.63. The second-order valence-electron chi connectivity index (χ2n) is 4.15. The third-order valence-corrected chi connectivity index (χ3v) is 3.76.